The van der Waals surface area contributed by atoms with Crippen molar-refractivity contribution in [1.82, 2.24) is 5.32 Å². The second kappa shape index (κ2) is 40.3. The molecule has 0 bridgehead atoms. The zero-order valence-electron chi connectivity index (χ0n) is 38.1. The molecule has 1 aliphatic heterocycles. The lowest BCUT2D eigenvalue weighted by Crippen LogP contribution is -2.60. The summed E-state index contributed by atoms with van der Waals surface area (Å²) >= 11 is 0. The molecule has 0 aromatic carbocycles. The Labute approximate surface area is 357 Å². The van der Waals surface area contributed by atoms with Gasteiger partial charge in [0.2, 0.25) is 5.91 Å². The van der Waals surface area contributed by atoms with E-state index in [2.05, 4.69) is 19.2 Å². The molecule has 346 valence electrons. The number of unbranched alkanes of at least 4 members (excludes halogenated alkanes) is 33. The molecule has 1 rings (SSSR count). The maximum absolute atomic E-state index is 12.9. The van der Waals surface area contributed by atoms with Crippen molar-refractivity contribution in [3.05, 3.63) is 0 Å². The Balaban J connectivity index is 2.15. The Kier molecular flexibility index (Phi) is 38.3. The van der Waals surface area contributed by atoms with Crippen molar-refractivity contribution in [1.29, 1.82) is 0 Å². The van der Waals surface area contributed by atoms with Crippen LogP contribution in [0.4, 0.5) is 0 Å². The number of aliphatic hydroxyl groups is 5. The molecule has 7 unspecified atom stereocenters. The smallest absolute Gasteiger partial charge is 0.220 e. The lowest BCUT2D eigenvalue weighted by Gasteiger charge is -2.40. The Hall–Kier alpha value is -0.810. The molecular weight excluding hydrogens is 731 g/mol. The van der Waals surface area contributed by atoms with Crippen LogP contribution in [-0.2, 0) is 14.3 Å². The van der Waals surface area contributed by atoms with Gasteiger partial charge in [0.05, 0.1) is 25.4 Å². The van der Waals surface area contributed by atoms with Crippen LogP contribution in [0.2, 0.25) is 0 Å². The number of nitrogens with one attached hydrogen (secondary N) is 1. The van der Waals surface area contributed by atoms with Crippen LogP contribution in [0.25, 0.3) is 0 Å². The van der Waals surface area contributed by atoms with Crippen molar-refractivity contribution in [3.8, 4) is 0 Å². The lowest BCUT2D eigenvalue weighted by molar-refractivity contribution is -0.302. The van der Waals surface area contributed by atoms with Crippen molar-refractivity contribution in [2.75, 3.05) is 13.2 Å². The second-order valence-corrected chi connectivity index (χ2v) is 18.0. The first-order valence-corrected chi connectivity index (χ1v) is 25.2. The molecular formula is C49H97NO8. The van der Waals surface area contributed by atoms with Gasteiger partial charge in [-0.25, -0.2) is 0 Å². The maximum atomic E-state index is 12.9. The molecule has 7 atom stereocenters. The molecule has 0 saturated carbocycles. The molecule has 1 aliphatic rings. The van der Waals surface area contributed by atoms with E-state index in [0.29, 0.717) is 12.8 Å². The Bertz CT molecular complexity index is 878. The van der Waals surface area contributed by atoms with E-state index in [-0.39, 0.29) is 12.5 Å². The van der Waals surface area contributed by atoms with Crippen LogP contribution in [0.1, 0.15) is 251 Å². The van der Waals surface area contributed by atoms with E-state index in [4.69, 9.17) is 9.47 Å². The molecule has 0 aromatic heterocycles. The first-order chi connectivity index (χ1) is 28.3. The van der Waals surface area contributed by atoms with Crippen LogP contribution in [0.3, 0.4) is 0 Å². The van der Waals surface area contributed by atoms with Gasteiger partial charge in [0.1, 0.15) is 24.4 Å². The number of hydrogen-bond donors (Lipinski definition) is 6. The third kappa shape index (κ3) is 30.3. The first kappa shape index (κ1) is 55.2. The quantitative estimate of drug-likeness (QED) is 0.0333. The van der Waals surface area contributed by atoms with Gasteiger partial charge >= 0.3 is 0 Å². The highest BCUT2D eigenvalue weighted by molar-refractivity contribution is 5.76. The van der Waals surface area contributed by atoms with E-state index in [1.54, 1.807) is 0 Å². The molecule has 1 saturated heterocycles. The normalized spacial score (nSPS) is 20.7. The van der Waals surface area contributed by atoms with E-state index in [1.165, 1.54) is 186 Å². The Morgan fingerprint density at radius 2 is 0.862 bits per heavy atom. The van der Waals surface area contributed by atoms with Gasteiger partial charge in [-0.3, -0.25) is 4.79 Å². The fraction of sp³-hybridized carbons (Fsp3) is 0.980. The summed E-state index contributed by atoms with van der Waals surface area (Å²) in [6.45, 7) is 3.83. The fourth-order valence-electron chi connectivity index (χ4n) is 8.40. The van der Waals surface area contributed by atoms with Gasteiger partial charge in [0.15, 0.2) is 6.29 Å². The molecule has 0 spiro atoms. The number of amides is 1. The van der Waals surface area contributed by atoms with Gasteiger partial charge in [0, 0.05) is 6.42 Å². The van der Waals surface area contributed by atoms with Crippen LogP contribution in [-0.4, -0.2) is 87.5 Å². The van der Waals surface area contributed by atoms with Crippen LogP contribution < -0.4 is 5.32 Å². The third-order valence-corrected chi connectivity index (χ3v) is 12.5. The highest BCUT2D eigenvalue weighted by Gasteiger charge is 2.44. The van der Waals surface area contributed by atoms with Gasteiger partial charge < -0.3 is 40.3 Å². The molecule has 1 amide bonds. The van der Waals surface area contributed by atoms with E-state index in [1.807, 2.05) is 0 Å². The minimum absolute atomic E-state index is 0.132. The molecule has 1 fully saturated rings. The SMILES string of the molecule is CCCCCCCCCCCCCCCCCCCCCCCCCCCCC(O)C(COC1OC(CO)C(O)C(O)C1O)NC(=O)CCCCCCCCCCC. The summed E-state index contributed by atoms with van der Waals surface area (Å²) < 4.78 is 11.3. The van der Waals surface area contributed by atoms with Crippen LogP contribution >= 0.6 is 0 Å². The van der Waals surface area contributed by atoms with Gasteiger partial charge in [-0.15, -0.1) is 0 Å². The molecule has 58 heavy (non-hydrogen) atoms. The fourth-order valence-corrected chi connectivity index (χ4v) is 8.40. The summed E-state index contributed by atoms with van der Waals surface area (Å²) in [5.74, 6) is -0.144. The summed E-state index contributed by atoms with van der Waals surface area (Å²) in [5, 5.41) is 54.3. The Morgan fingerprint density at radius 1 is 0.517 bits per heavy atom. The maximum Gasteiger partial charge on any atom is 0.220 e. The van der Waals surface area contributed by atoms with Gasteiger partial charge in [-0.2, -0.15) is 0 Å². The topological polar surface area (TPSA) is 149 Å². The van der Waals surface area contributed by atoms with E-state index >= 15 is 0 Å². The number of carbonyl (C=O) groups is 1. The molecule has 1 heterocycles. The van der Waals surface area contributed by atoms with Crippen molar-refractivity contribution in [3.63, 3.8) is 0 Å². The summed E-state index contributed by atoms with van der Waals surface area (Å²) in [6.07, 6.45) is 38.6. The van der Waals surface area contributed by atoms with Crippen LogP contribution in [0, 0.1) is 0 Å². The summed E-state index contributed by atoms with van der Waals surface area (Å²) in [4.78, 5) is 12.9. The van der Waals surface area contributed by atoms with Gasteiger partial charge in [-0.1, -0.05) is 232 Å². The predicted octanol–water partition coefficient (Wildman–Crippen LogP) is 11.1. The average molecular weight is 828 g/mol. The third-order valence-electron chi connectivity index (χ3n) is 12.5. The first-order valence-electron chi connectivity index (χ1n) is 25.2. The van der Waals surface area contributed by atoms with Crippen molar-refractivity contribution in [2.45, 2.75) is 294 Å². The van der Waals surface area contributed by atoms with Gasteiger partial charge in [-0.05, 0) is 12.8 Å². The van der Waals surface area contributed by atoms with Crippen molar-refractivity contribution in [2.24, 2.45) is 0 Å². The number of carbonyl (C=O) groups excluding carboxylic acids is 1. The predicted molar refractivity (Wildman–Crippen MR) is 240 cm³/mol. The largest absolute Gasteiger partial charge is 0.394 e. The molecule has 9 heteroatoms. The average Bonchev–Trinajstić information content (AvgIpc) is 3.22. The lowest BCUT2D eigenvalue weighted by atomic mass is 9.99. The number of ether oxygens (including phenoxy) is 2. The zero-order valence-corrected chi connectivity index (χ0v) is 38.1. The number of aliphatic hydroxyl groups excluding tert-OH is 5. The number of hydrogen-bond acceptors (Lipinski definition) is 8. The van der Waals surface area contributed by atoms with E-state index in [0.717, 1.165) is 38.5 Å². The number of rotatable bonds is 43. The van der Waals surface area contributed by atoms with E-state index < -0.39 is 49.5 Å². The highest BCUT2D eigenvalue weighted by Crippen LogP contribution is 2.23. The highest BCUT2D eigenvalue weighted by atomic mass is 16.7. The van der Waals surface area contributed by atoms with Crippen LogP contribution in [0.5, 0.6) is 0 Å². The van der Waals surface area contributed by atoms with Gasteiger partial charge in [0.25, 0.3) is 0 Å². The summed E-state index contributed by atoms with van der Waals surface area (Å²) in [5.41, 5.74) is 0. The van der Waals surface area contributed by atoms with Crippen molar-refractivity contribution >= 4 is 5.91 Å². The summed E-state index contributed by atoms with van der Waals surface area (Å²) in [6, 6.07) is -0.711. The van der Waals surface area contributed by atoms with Crippen molar-refractivity contribution < 1.29 is 39.8 Å². The minimum Gasteiger partial charge on any atom is -0.394 e. The molecule has 0 radical (unpaired) electrons. The second-order valence-electron chi connectivity index (χ2n) is 18.0. The monoisotopic (exact) mass is 828 g/mol. The summed E-state index contributed by atoms with van der Waals surface area (Å²) in [7, 11) is 0. The zero-order chi connectivity index (χ0) is 42.3. The molecule has 0 aromatic rings. The Morgan fingerprint density at radius 3 is 1.22 bits per heavy atom. The van der Waals surface area contributed by atoms with Crippen LogP contribution in [0.15, 0.2) is 0 Å². The minimum atomic E-state index is -1.55. The molecule has 6 N–H and O–H groups in total. The molecule has 9 nitrogen and oxygen atoms in total. The van der Waals surface area contributed by atoms with E-state index in [9.17, 15) is 30.3 Å². The molecule has 0 aliphatic carbocycles. The standard InChI is InChI=1S/C49H97NO8/c1-3-5-7-9-11-13-14-15-16-17-18-19-20-21-22-23-24-25-26-27-28-29-31-32-34-36-38-43(52)42(41-57-49-48(56)47(55)46(54)44(40-51)58-49)50-45(53)39-37-35-33-30-12-10-8-6-4-2/h42-44,46-49,51-52,54-56H,3-41H2,1-2H3,(H,50,53).